The Morgan fingerprint density at radius 2 is 1.90 bits per heavy atom. The van der Waals surface area contributed by atoms with Gasteiger partial charge < -0.3 is 5.32 Å². The van der Waals surface area contributed by atoms with Crippen molar-refractivity contribution in [1.82, 2.24) is 9.78 Å². The molecule has 3 aromatic rings. The van der Waals surface area contributed by atoms with E-state index in [4.69, 9.17) is 5.14 Å². The lowest BCUT2D eigenvalue weighted by atomic mass is 10.1. The van der Waals surface area contributed by atoms with Crippen molar-refractivity contribution < 1.29 is 22.0 Å². The number of halogens is 3. The number of carbonyl (C=O) groups is 1. The fourth-order valence-electron chi connectivity index (χ4n) is 2.61. The Morgan fingerprint density at radius 1 is 1.21 bits per heavy atom. The highest BCUT2D eigenvalue weighted by atomic mass is 79.9. The maximum atomic E-state index is 12.6. The molecule has 11 heteroatoms. The average molecular weight is 485 g/mol. The fraction of sp³-hybridized carbons (Fsp3) is 0.111. The van der Waals surface area contributed by atoms with Gasteiger partial charge >= 0.3 is 0 Å². The van der Waals surface area contributed by atoms with Gasteiger partial charge in [0.25, 0.3) is 6.43 Å². The molecule has 3 rings (SSSR count). The van der Waals surface area contributed by atoms with Gasteiger partial charge in [-0.25, -0.2) is 27.0 Å². The topological polar surface area (TPSA) is 107 Å². The number of benzene rings is 2. The van der Waals surface area contributed by atoms with Crippen LogP contribution in [0, 0.1) is 0 Å². The molecule has 0 radical (unpaired) electrons. The van der Waals surface area contributed by atoms with E-state index < -0.39 is 22.4 Å². The van der Waals surface area contributed by atoms with Gasteiger partial charge in [-0.05, 0) is 39.7 Å². The fourth-order valence-corrected chi connectivity index (χ4v) is 3.64. The zero-order valence-corrected chi connectivity index (χ0v) is 17.1. The number of nitrogens with two attached hydrogens (primary N) is 1. The van der Waals surface area contributed by atoms with Crippen LogP contribution < -0.4 is 10.5 Å². The number of rotatable bonds is 6. The molecule has 0 aliphatic heterocycles. The predicted molar refractivity (Wildman–Crippen MR) is 106 cm³/mol. The predicted octanol–water partition coefficient (Wildman–Crippen LogP) is 3.40. The van der Waals surface area contributed by atoms with E-state index in [1.165, 1.54) is 53.3 Å². The highest BCUT2D eigenvalue weighted by Crippen LogP contribution is 2.24. The molecule has 0 saturated heterocycles. The number of nitrogens with zero attached hydrogens (tertiary/aromatic N) is 2. The molecule has 2 aromatic carbocycles. The molecule has 152 valence electrons. The maximum Gasteiger partial charge on any atom is 0.263 e. The van der Waals surface area contributed by atoms with Crippen LogP contribution in [0.4, 0.5) is 14.5 Å². The van der Waals surface area contributed by atoms with Gasteiger partial charge in [-0.1, -0.05) is 24.3 Å². The van der Waals surface area contributed by atoms with E-state index in [1.54, 1.807) is 6.20 Å². The summed E-state index contributed by atoms with van der Waals surface area (Å²) >= 11 is 3.23. The van der Waals surface area contributed by atoms with Crippen molar-refractivity contribution in [1.29, 1.82) is 0 Å². The highest BCUT2D eigenvalue weighted by molar-refractivity contribution is 9.10. The summed E-state index contributed by atoms with van der Waals surface area (Å²) in [5.74, 6) is -0.440. The molecule has 3 N–H and O–H groups in total. The van der Waals surface area contributed by atoms with Gasteiger partial charge in [0.1, 0.15) is 4.90 Å². The van der Waals surface area contributed by atoms with E-state index in [-0.39, 0.29) is 28.3 Å². The summed E-state index contributed by atoms with van der Waals surface area (Å²) in [4.78, 5) is 12.0. The number of carbonyl (C=O) groups excluding carboxylic acids is 1. The van der Waals surface area contributed by atoms with Crippen LogP contribution in [0.5, 0.6) is 0 Å². The normalized spacial score (nSPS) is 11.6. The van der Waals surface area contributed by atoms with Crippen LogP contribution in [0.3, 0.4) is 0 Å². The molecule has 0 atom stereocenters. The summed E-state index contributed by atoms with van der Waals surface area (Å²) in [6.07, 6.45) is 0.401. The third-order valence-corrected chi connectivity index (χ3v) is 5.29. The van der Waals surface area contributed by atoms with E-state index in [0.29, 0.717) is 10.0 Å². The quantitative estimate of drug-likeness (QED) is 0.558. The molecule has 0 fully saturated rings. The van der Waals surface area contributed by atoms with Crippen LogP contribution in [0.2, 0.25) is 0 Å². The molecule has 0 bridgehead atoms. The summed E-state index contributed by atoms with van der Waals surface area (Å²) in [7, 11) is -4.10. The highest BCUT2D eigenvalue weighted by Gasteiger charge is 2.18. The summed E-state index contributed by atoms with van der Waals surface area (Å²) in [5, 5.41) is 11.9. The van der Waals surface area contributed by atoms with E-state index in [0.717, 1.165) is 0 Å². The minimum absolute atomic E-state index is 0.0674. The Hall–Kier alpha value is -2.63. The minimum atomic E-state index is -4.10. The second kappa shape index (κ2) is 8.39. The van der Waals surface area contributed by atoms with E-state index in [9.17, 15) is 22.0 Å². The van der Waals surface area contributed by atoms with Crippen molar-refractivity contribution >= 4 is 37.5 Å². The number of hydrogen-bond acceptors (Lipinski definition) is 4. The number of nitrogens with one attached hydrogen (secondary N) is 1. The Labute approximate surface area is 173 Å². The van der Waals surface area contributed by atoms with Crippen molar-refractivity contribution in [2.24, 2.45) is 5.14 Å². The first-order chi connectivity index (χ1) is 13.6. The molecule has 0 spiro atoms. The molecule has 0 aliphatic carbocycles. The lowest BCUT2D eigenvalue weighted by Crippen LogP contribution is -2.18. The van der Waals surface area contributed by atoms with Gasteiger partial charge in [0.15, 0.2) is 0 Å². The summed E-state index contributed by atoms with van der Waals surface area (Å²) in [5.41, 5.74) is 0.848. The van der Waals surface area contributed by atoms with Crippen LogP contribution in [0.25, 0.3) is 5.69 Å². The SMILES string of the molecule is NS(=O)(=O)c1cc(NC(=O)Cc2ccc(C(F)F)cc2)ccc1-n1cc(Br)cn1. The largest absolute Gasteiger partial charge is 0.326 e. The number of sulfonamides is 1. The Bertz CT molecular complexity index is 1150. The first kappa shape index (κ1) is 21.1. The van der Waals surface area contributed by atoms with Crippen molar-refractivity contribution in [3.63, 3.8) is 0 Å². The van der Waals surface area contributed by atoms with Crippen molar-refractivity contribution in [2.75, 3.05) is 5.32 Å². The van der Waals surface area contributed by atoms with Gasteiger partial charge in [0.2, 0.25) is 15.9 Å². The molecular weight excluding hydrogens is 470 g/mol. The molecule has 1 heterocycles. The zero-order valence-electron chi connectivity index (χ0n) is 14.7. The lowest BCUT2D eigenvalue weighted by Gasteiger charge is -2.11. The third kappa shape index (κ3) is 5.25. The lowest BCUT2D eigenvalue weighted by molar-refractivity contribution is -0.115. The third-order valence-electron chi connectivity index (χ3n) is 3.94. The Kier molecular flexibility index (Phi) is 6.10. The van der Waals surface area contributed by atoms with Crippen LogP contribution in [-0.2, 0) is 21.2 Å². The van der Waals surface area contributed by atoms with E-state index in [1.807, 2.05) is 0 Å². The number of primary sulfonamides is 1. The van der Waals surface area contributed by atoms with Crippen molar-refractivity contribution in [3.8, 4) is 5.69 Å². The monoisotopic (exact) mass is 484 g/mol. The molecule has 0 aliphatic rings. The smallest absolute Gasteiger partial charge is 0.263 e. The Morgan fingerprint density at radius 3 is 2.45 bits per heavy atom. The average Bonchev–Trinajstić information content (AvgIpc) is 3.07. The Balaban J connectivity index is 1.81. The molecule has 29 heavy (non-hydrogen) atoms. The number of hydrogen-bond donors (Lipinski definition) is 2. The van der Waals surface area contributed by atoms with Gasteiger partial charge in [0.05, 0.1) is 22.8 Å². The van der Waals surface area contributed by atoms with Gasteiger partial charge in [-0.2, -0.15) is 5.10 Å². The number of anilines is 1. The van der Waals surface area contributed by atoms with Gasteiger partial charge in [-0.15, -0.1) is 0 Å². The van der Waals surface area contributed by atoms with E-state index in [2.05, 4.69) is 26.3 Å². The van der Waals surface area contributed by atoms with Crippen LogP contribution in [0.1, 0.15) is 17.6 Å². The first-order valence-corrected chi connectivity index (χ1v) is 10.5. The zero-order chi connectivity index (χ0) is 21.2. The number of alkyl halides is 2. The molecule has 0 saturated carbocycles. The molecule has 0 unspecified atom stereocenters. The number of amides is 1. The standard InChI is InChI=1S/C18H15BrF2N4O3S/c19-13-9-23-25(10-13)15-6-5-14(8-16(15)29(22,27)28)24-17(26)7-11-1-3-12(4-2-11)18(20)21/h1-6,8-10,18H,7H2,(H,24,26)(H2,22,27,28). The molecule has 7 nitrogen and oxygen atoms in total. The van der Waals surface area contributed by atoms with Gasteiger partial charge in [0, 0.05) is 17.4 Å². The molecule has 1 amide bonds. The summed E-state index contributed by atoms with van der Waals surface area (Å²) < 4.78 is 51.2. The second-order valence-corrected chi connectivity index (χ2v) is 8.54. The van der Waals surface area contributed by atoms with Crippen molar-refractivity contribution in [3.05, 3.63) is 70.5 Å². The van der Waals surface area contributed by atoms with Crippen LogP contribution >= 0.6 is 15.9 Å². The minimum Gasteiger partial charge on any atom is -0.326 e. The van der Waals surface area contributed by atoms with Crippen LogP contribution in [-0.4, -0.2) is 24.1 Å². The van der Waals surface area contributed by atoms with Crippen molar-refractivity contribution in [2.45, 2.75) is 17.7 Å². The molecule has 1 aromatic heterocycles. The number of aromatic nitrogens is 2. The summed E-state index contributed by atoms with van der Waals surface area (Å²) in [6, 6.07) is 9.60. The van der Waals surface area contributed by atoms with E-state index >= 15 is 0 Å². The maximum absolute atomic E-state index is 12.6. The van der Waals surface area contributed by atoms with Gasteiger partial charge in [-0.3, -0.25) is 4.79 Å². The summed E-state index contributed by atoms with van der Waals surface area (Å²) in [6.45, 7) is 0. The van der Waals surface area contributed by atoms with Crippen LogP contribution in [0.15, 0.2) is 64.2 Å². The molecular formula is C18H15BrF2N4O3S. The first-order valence-electron chi connectivity index (χ1n) is 8.18. The second-order valence-electron chi connectivity index (χ2n) is 6.10.